The molecule has 3 heterocycles. The zero-order valence-electron chi connectivity index (χ0n) is 17.6. The Bertz CT molecular complexity index is 966. The van der Waals surface area contributed by atoms with Crippen LogP contribution in [0.5, 0.6) is 0 Å². The van der Waals surface area contributed by atoms with Crippen molar-refractivity contribution in [2.45, 2.75) is 51.0 Å². The maximum absolute atomic E-state index is 13.1. The van der Waals surface area contributed by atoms with Gasteiger partial charge in [0.05, 0.1) is 11.1 Å². The number of imide groups is 2. The topological polar surface area (TPSA) is 113 Å². The highest BCUT2D eigenvalue weighted by Gasteiger charge is 2.46. The second-order valence-corrected chi connectivity index (χ2v) is 9.35. The molecule has 3 aliphatic heterocycles. The number of anilines is 1. The molecular weight excluding hydrogens is 396 g/mol. The maximum Gasteiger partial charge on any atom is 0.262 e. The molecule has 1 aromatic carbocycles. The Kier molecular flexibility index (Phi) is 4.84. The fourth-order valence-corrected chi connectivity index (χ4v) is 6.10. The van der Waals surface area contributed by atoms with E-state index in [-0.39, 0.29) is 18.7 Å². The molecule has 8 nitrogen and oxygen atoms in total. The highest BCUT2D eigenvalue weighted by molar-refractivity contribution is 6.23. The van der Waals surface area contributed by atoms with Crippen molar-refractivity contribution in [2.24, 2.45) is 17.1 Å². The second kappa shape index (κ2) is 7.44. The van der Waals surface area contributed by atoms with Gasteiger partial charge in [0, 0.05) is 25.2 Å². The van der Waals surface area contributed by atoms with Crippen LogP contribution in [-0.2, 0) is 9.59 Å². The van der Waals surface area contributed by atoms with Crippen LogP contribution in [0, 0.1) is 11.3 Å². The highest BCUT2D eigenvalue weighted by Crippen LogP contribution is 2.50. The third kappa shape index (κ3) is 3.15. The molecule has 1 saturated carbocycles. The van der Waals surface area contributed by atoms with Crippen molar-refractivity contribution in [3.05, 3.63) is 29.3 Å². The van der Waals surface area contributed by atoms with Crippen LogP contribution in [0.2, 0.25) is 0 Å². The van der Waals surface area contributed by atoms with Gasteiger partial charge in [0.2, 0.25) is 11.8 Å². The number of piperidine rings is 2. The first-order valence-corrected chi connectivity index (χ1v) is 11.2. The van der Waals surface area contributed by atoms with Crippen LogP contribution < -0.4 is 16.0 Å². The van der Waals surface area contributed by atoms with Crippen LogP contribution in [0.3, 0.4) is 0 Å². The van der Waals surface area contributed by atoms with Crippen molar-refractivity contribution in [1.29, 1.82) is 0 Å². The Balaban J connectivity index is 1.34. The molecule has 1 spiro atoms. The molecule has 0 bridgehead atoms. The number of hydrogen-bond acceptors (Lipinski definition) is 6. The first kappa shape index (κ1) is 20.2. The number of amides is 4. The molecule has 4 aliphatic rings. The summed E-state index contributed by atoms with van der Waals surface area (Å²) >= 11 is 0. The summed E-state index contributed by atoms with van der Waals surface area (Å²) in [6, 6.07) is 4.44. The summed E-state index contributed by atoms with van der Waals surface area (Å²) in [6.07, 6.45) is 6.22. The van der Waals surface area contributed by atoms with Gasteiger partial charge >= 0.3 is 0 Å². The van der Waals surface area contributed by atoms with Crippen molar-refractivity contribution in [2.75, 3.05) is 24.5 Å². The number of carbonyl (C=O) groups is 4. The van der Waals surface area contributed by atoms with E-state index in [2.05, 4.69) is 10.2 Å². The number of benzene rings is 1. The number of hydrogen-bond donors (Lipinski definition) is 2. The van der Waals surface area contributed by atoms with E-state index in [4.69, 9.17) is 5.73 Å². The van der Waals surface area contributed by atoms with Gasteiger partial charge < -0.3 is 10.6 Å². The Labute approximate surface area is 181 Å². The first-order valence-electron chi connectivity index (χ1n) is 11.2. The molecular formula is C23H28N4O4. The summed E-state index contributed by atoms with van der Waals surface area (Å²) in [5.74, 6) is -1.27. The standard InChI is InChI=1S/C23H28N4O4/c24-13-14-2-1-7-23(14)8-10-26(11-9-23)15-3-4-16-17(12-15)22(31)27(21(16)30)18-5-6-19(28)25-20(18)29/h3-4,12,14,18H,1-2,5-11,13,24H2,(H,25,28,29). The van der Waals surface area contributed by atoms with Gasteiger partial charge in [-0.25, -0.2) is 0 Å². The average Bonchev–Trinajstić information content (AvgIpc) is 3.27. The molecule has 4 amide bonds. The summed E-state index contributed by atoms with van der Waals surface area (Å²) in [4.78, 5) is 52.9. The first-order chi connectivity index (χ1) is 14.9. The lowest BCUT2D eigenvalue weighted by Gasteiger charge is -2.44. The van der Waals surface area contributed by atoms with Gasteiger partial charge in [-0.3, -0.25) is 29.4 Å². The zero-order valence-corrected chi connectivity index (χ0v) is 17.6. The van der Waals surface area contributed by atoms with E-state index in [0.717, 1.165) is 43.1 Å². The van der Waals surface area contributed by atoms with Crippen LogP contribution >= 0.6 is 0 Å². The van der Waals surface area contributed by atoms with E-state index in [1.807, 2.05) is 6.07 Å². The molecule has 0 radical (unpaired) electrons. The average molecular weight is 425 g/mol. The summed E-state index contributed by atoms with van der Waals surface area (Å²) in [7, 11) is 0. The minimum absolute atomic E-state index is 0.119. The highest BCUT2D eigenvalue weighted by atomic mass is 16.2. The van der Waals surface area contributed by atoms with Gasteiger partial charge in [-0.15, -0.1) is 0 Å². The number of fused-ring (bicyclic) bond motifs is 1. The molecule has 8 heteroatoms. The van der Waals surface area contributed by atoms with Gasteiger partial charge in [-0.05, 0) is 68.2 Å². The lowest BCUT2D eigenvalue weighted by atomic mass is 9.70. The Morgan fingerprint density at radius 1 is 1.00 bits per heavy atom. The molecule has 0 aromatic heterocycles. The quantitative estimate of drug-likeness (QED) is 0.710. The molecule has 3 N–H and O–H groups in total. The van der Waals surface area contributed by atoms with Crippen LogP contribution in [0.1, 0.15) is 65.7 Å². The largest absolute Gasteiger partial charge is 0.371 e. The van der Waals surface area contributed by atoms with Crippen LogP contribution in [0.25, 0.3) is 0 Å². The molecule has 31 heavy (non-hydrogen) atoms. The van der Waals surface area contributed by atoms with Gasteiger partial charge in [0.1, 0.15) is 6.04 Å². The van der Waals surface area contributed by atoms with Crippen molar-refractivity contribution in [3.63, 3.8) is 0 Å². The Hall–Kier alpha value is -2.74. The smallest absolute Gasteiger partial charge is 0.262 e. The maximum atomic E-state index is 13.1. The van der Waals surface area contributed by atoms with Crippen LogP contribution in [-0.4, -0.2) is 54.2 Å². The van der Waals surface area contributed by atoms with E-state index in [1.165, 1.54) is 19.3 Å². The molecule has 2 saturated heterocycles. The SMILES string of the molecule is NCC1CCCC12CCN(c1ccc3c(c1)C(=O)N(C1CCC(=O)NC1=O)C3=O)CC2. The number of carbonyl (C=O) groups excluding carboxylic acids is 4. The second-order valence-electron chi connectivity index (χ2n) is 9.35. The predicted molar refractivity (Wildman–Crippen MR) is 113 cm³/mol. The lowest BCUT2D eigenvalue weighted by molar-refractivity contribution is -0.136. The number of nitrogens with one attached hydrogen (secondary N) is 1. The predicted octanol–water partition coefficient (Wildman–Crippen LogP) is 1.43. The van der Waals surface area contributed by atoms with E-state index >= 15 is 0 Å². The fourth-order valence-electron chi connectivity index (χ4n) is 6.10. The summed E-state index contributed by atoms with van der Waals surface area (Å²) in [5.41, 5.74) is 7.99. The molecule has 2 atom stereocenters. The summed E-state index contributed by atoms with van der Waals surface area (Å²) in [6.45, 7) is 2.58. The lowest BCUT2D eigenvalue weighted by Crippen LogP contribution is -2.54. The Morgan fingerprint density at radius 2 is 1.74 bits per heavy atom. The van der Waals surface area contributed by atoms with Crippen LogP contribution in [0.4, 0.5) is 5.69 Å². The molecule has 5 rings (SSSR count). The number of nitrogens with zero attached hydrogens (tertiary/aromatic N) is 2. The summed E-state index contributed by atoms with van der Waals surface area (Å²) in [5, 5.41) is 2.23. The van der Waals surface area contributed by atoms with E-state index in [9.17, 15) is 19.2 Å². The minimum atomic E-state index is -0.932. The normalized spacial score (nSPS) is 27.8. The molecule has 164 valence electrons. The van der Waals surface area contributed by atoms with E-state index < -0.39 is 23.8 Å². The van der Waals surface area contributed by atoms with E-state index in [1.54, 1.807) is 12.1 Å². The number of nitrogens with two attached hydrogens (primary N) is 1. The zero-order chi connectivity index (χ0) is 21.8. The fraction of sp³-hybridized carbons (Fsp3) is 0.565. The van der Waals surface area contributed by atoms with Crippen LogP contribution in [0.15, 0.2) is 18.2 Å². The number of rotatable bonds is 3. The third-order valence-corrected chi connectivity index (χ3v) is 7.93. The molecule has 3 fully saturated rings. The van der Waals surface area contributed by atoms with E-state index in [0.29, 0.717) is 22.5 Å². The van der Waals surface area contributed by atoms with Crippen molar-refractivity contribution in [3.8, 4) is 0 Å². The summed E-state index contributed by atoms with van der Waals surface area (Å²) < 4.78 is 0. The van der Waals surface area contributed by atoms with Gasteiger partial charge in [0.25, 0.3) is 11.8 Å². The minimum Gasteiger partial charge on any atom is -0.371 e. The molecule has 2 unspecified atom stereocenters. The molecule has 1 aromatic rings. The van der Waals surface area contributed by atoms with Gasteiger partial charge in [-0.1, -0.05) is 6.42 Å². The Morgan fingerprint density at radius 3 is 2.45 bits per heavy atom. The third-order valence-electron chi connectivity index (χ3n) is 7.93. The van der Waals surface area contributed by atoms with Gasteiger partial charge in [-0.2, -0.15) is 0 Å². The monoisotopic (exact) mass is 424 g/mol. The van der Waals surface area contributed by atoms with Crippen molar-refractivity contribution in [1.82, 2.24) is 10.2 Å². The molecule has 1 aliphatic carbocycles. The van der Waals surface area contributed by atoms with Crippen molar-refractivity contribution < 1.29 is 19.2 Å². The van der Waals surface area contributed by atoms with Crippen molar-refractivity contribution >= 4 is 29.3 Å². The van der Waals surface area contributed by atoms with Gasteiger partial charge in [0.15, 0.2) is 0 Å².